The van der Waals surface area contributed by atoms with Gasteiger partial charge in [0.2, 0.25) is 0 Å². The smallest absolute Gasteiger partial charge is 0.465 e. The van der Waals surface area contributed by atoms with Crippen LogP contribution >= 0.6 is 0 Å². The second-order valence-corrected chi connectivity index (χ2v) is 5.59. The number of aromatic nitrogens is 2. The van der Waals surface area contributed by atoms with Gasteiger partial charge in [0.1, 0.15) is 5.75 Å². The number of carbonyl (C=O) groups is 2. The molecule has 0 aliphatic carbocycles. The molecule has 1 aliphatic heterocycles. The summed E-state index contributed by atoms with van der Waals surface area (Å²) in [6.07, 6.45) is -4.91. The number of halogens is 3. The monoisotopic (exact) mass is 370 g/mol. The second kappa shape index (κ2) is 6.24. The fraction of sp³-hybridized carbons (Fsp3) is 0.267. The Morgan fingerprint density at radius 3 is 2.58 bits per heavy atom. The van der Waals surface area contributed by atoms with Crippen LogP contribution in [-0.4, -0.2) is 39.8 Å². The number of nitrogens with one attached hydrogen (secondary N) is 1. The number of ether oxygens (including phenoxy) is 1. The Kier molecular flexibility index (Phi) is 4.22. The van der Waals surface area contributed by atoms with Crippen molar-refractivity contribution < 1.29 is 32.6 Å². The standard InChI is InChI=1S/C15H13F3N4O4/c1-8-7-21(9-2-4-10(5-3-9)26-15(16,17)18)13(23)12-11(20-14(24)25)6-19-22(8)12/h2-6,8,20H,7H2,1H3,(H,24,25)/t8-/m0/s1. The minimum atomic E-state index is -4.80. The van der Waals surface area contributed by atoms with Gasteiger partial charge in [-0.05, 0) is 31.2 Å². The molecule has 2 amide bonds. The highest BCUT2D eigenvalue weighted by Crippen LogP contribution is 2.31. The van der Waals surface area contributed by atoms with Crippen molar-refractivity contribution in [3.05, 3.63) is 36.2 Å². The lowest BCUT2D eigenvalue weighted by molar-refractivity contribution is -0.274. The summed E-state index contributed by atoms with van der Waals surface area (Å²) in [7, 11) is 0. The maximum atomic E-state index is 12.8. The summed E-state index contributed by atoms with van der Waals surface area (Å²) in [4.78, 5) is 25.0. The first kappa shape index (κ1) is 17.6. The first-order valence-corrected chi connectivity index (χ1v) is 7.41. The van der Waals surface area contributed by atoms with Crippen LogP contribution in [0.15, 0.2) is 30.5 Å². The van der Waals surface area contributed by atoms with Gasteiger partial charge in [-0.2, -0.15) is 5.10 Å². The minimum Gasteiger partial charge on any atom is -0.465 e. The lowest BCUT2D eigenvalue weighted by Crippen LogP contribution is -2.43. The number of amides is 2. The Labute approximate surface area is 144 Å². The summed E-state index contributed by atoms with van der Waals surface area (Å²) >= 11 is 0. The SMILES string of the molecule is C[C@H]1CN(c2ccc(OC(F)(F)F)cc2)C(=O)c2c(NC(=O)O)cnn21. The number of carbonyl (C=O) groups excluding carboxylic acids is 1. The van der Waals surface area contributed by atoms with Crippen LogP contribution in [0.2, 0.25) is 0 Å². The predicted molar refractivity (Wildman–Crippen MR) is 83.4 cm³/mol. The van der Waals surface area contributed by atoms with Crippen molar-refractivity contribution in [3.8, 4) is 5.75 Å². The van der Waals surface area contributed by atoms with Crippen molar-refractivity contribution in [1.82, 2.24) is 9.78 Å². The fourth-order valence-corrected chi connectivity index (χ4v) is 2.72. The van der Waals surface area contributed by atoms with Crippen LogP contribution in [0.5, 0.6) is 5.75 Å². The van der Waals surface area contributed by atoms with E-state index >= 15 is 0 Å². The first-order chi connectivity index (χ1) is 12.2. The maximum Gasteiger partial charge on any atom is 0.573 e. The van der Waals surface area contributed by atoms with Gasteiger partial charge < -0.3 is 14.7 Å². The number of benzene rings is 1. The van der Waals surface area contributed by atoms with E-state index in [1.165, 1.54) is 27.9 Å². The molecule has 2 N–H and O–H groups in total. The zero-order valence-corrected chi connectivity index (χ0v) is 13.3. The van der Waals surface area contributed by atoms with Crippen molar-refractivity contribution in [2.45, 2.75) is 19.3 Å². The van der Waals surface area contributed by atoms with Crippen molar-refractivity contribution in [2.75, 3.05) is 16.8 Å². The number of hydrogen-bond acceptors (Lipinski definition) is 4. The summed E-state index contributed by atoms with van der Waals surface area (Å²) in [5, 5.41) is 15.0. The van der Waals surface area contributed by atoms with Crippen LogP contribution in [0.25, 0.3) is 0 Å². The molecule has 11 heteroatoms. The third-order valence-electron chi connectivity index (χ3n) is 3.73. The van der Waals surface area contributed by atoms with Crippen molar-refractivity contribution in [3.63, 3.8) is 0 Å². The molecule has 2 heterocycles. The summed E-state index contributed by atoms with van der Waals surface area (Å²) in [6.45, 7) is 2.00. The van der Waals surface area contributed by atoms with Crippen molar-refractivity contribution >= 4 is 23.4 Å². The molecule has 8 nitrogen and oxygen atoms in total. The molecule has 1 aromatic heterocycles. The molecule has 138 valence electrons. The second-order valence-electron chi connectivity index (χ2n) is 5.59. The highest BCUT2D eigenvalue weighted by atomic mass is 19.4. The van der Waals surface area contributed by atoms with E-state index in [-0.39, 0.29) is 24.0 Å². The average Bonchev–Trinajstić information content (AvgIpc) is 2.94. The van der Waals surface area contributed by atoms with Crippen LogP contribution in [0.4, 0.5) is 29.3 Å². The van der Waals surface area contributed by atoms with Gasteiger partial charge >= 0.3 is 12.5 Å². The Balaban J connectivity index is 1.89. The predicted octanol–water partition coefficient (Wildman–Crippen LogP) is 3.09. The molecule has 1 aliphatic rings. The molecule has 1 atom stereocenters. The zero-order chi connectivity index (χ0) is 19.1. The zero-order valence-electron chi connectivity index (χ0n) is 13.3. The number of rotatable bonds is 3. The summed E-state index contributed by atoms with van der Waals surface area (Å²) in [6, 6.07) is 4.58. The van der Waals surface area contributed by atoms with E-state index in [1.807, 2.05) is 0 Å². The Morgan fingerprint density at radius 2 is 2.00 bits per heavy atom. The van der Waals surface area contributed by atoms with Crippen LogP contribution < -0.4 is 15.0 Å². The van der Waals surface area contributed by atoms with E-state index in [1.54, 1.807) is 6.92 Å². The molecule has 0 saturated carbocycles. The molecule has 0 unspecified atom stereocenters. The van der Waals surface area contributed by atoms with Crippen LogP contribution in [0.3, 0.4) is 0 Å². The molecule has 0 bridgehead atoms. The van der Waals surface area contributed by atoms with E-state index in [9.17, 15) is 22.8 Å². The van der Waals surface area contributed by atoms with E-state index < -0.39 is 24.1 Å². The maximum absolute atomic E-state index is 12.8. The van der Waals surface area contributed by atoms with E-state index in [2.05, 4.69) is 15.2 Å². The number of hydrogen-bond donors (Lipinski definition) is 2. The van der Waals surface area contributed by atoms with Gasteiger partial charge in [-0.3, -0.25) is 14.8 Å². The van der Waals surface area contributed by atoms with Gasteiger partial charge in [0, 0.05) is 12.2 Å². The van der Waals surface area contributed by atoms with Crippen LogP contribution in [0.1, 0.15) is 23.5 Å². The summed E-state index contributed by atoms with van der Waals surface area (Å²) in [5.41, 5.74) is 0.447. The highest BCUT2D eigenvalue weighted by molar-refractivity contribution is 6.10. The van der Waals surface area contributed by atoms with Gasteiger partial charge in [-0.25, -0.2) is 4.79 Å². The van der Waals surface area contributed by atoms with E-state index in [0.29, 0.717) is 5.69 Å². The molecule has 0 spiro atoms. The molecule has 3 rings (SSSR count). The Bertz CT molecular complexity index is 848. The molecular formula is C15H13F3N4O4. The molecule has 26 heavy (non-hydrogen) atoms. The number of fused-ring (bicyclic) bond motifs is 1. The van der Waals surface area contributed by atoms with Crippen molar-refractivity contribution in [1.29, 1.82) is 0 Å². The van der Waals surface area contributed by atoms with Gasteiger partial charge in [0.15, 0.2) is 5.69 Å². The topological polar surface area (TPSA) is 96.7 Å². The van der Waals surface area contributed by atoms with Crippen LogP contribution in [-0.2, 0) is 0 Å². The average molecular weight is 370 g/mol. The lowest BCUT2D eigenvalue weighted by atomic mass is 10.1. The molecule has 0 fully saturated rings. The molecule has 0 radical (unpaired) electrons. The third-order valence-corrected chi connectivity index (χ3v) is 3.73. The summed E-state index contributed by atoms with van der Waals surface area (Å²) in [5.74, 6) is -0.925. The number of anilines is 2. The van der Waals surface area contributed by atoms with E-state index in [4.69, 9.17) is 5.11 Å². The van der Waals surface area contributed by atoms with Gasteiger partial charge in [-0.15, -0.1) is 13.2 Å². The molecule has 2 aromatic rings. The van der Waals surface area contributed by atoms with Gasteiger partial charge in [0.05, 0.1) is 17.9 Å². The molecule has 0 saturated heterocycles. The Hall–Kier alpha value is -3.24. The number of carboxylic acid groups (broad SMARTS) is 1. The largest absolute Gasteiger partial charge is 0.573 e. The fourth-order valence-electron chi connectivity index (χ4n) is 2.72. The number of alkyl halides is 3. The highest BCUT2D eigenvalue weighted by Gasteiger charge is 2.34. The molecule has 1 aromatic carbocycles. The summed E-state index contributed by atoms with van der Waals surface area (Å²) < 4.78 is 41.9. The molecular weight excluding hydrogens is 357 g/mol. The first-order valence-electron chi connectivity index (χ1n) is 7.41. The van der Waals surface area contributed by atoms with Crippen LogP contribution in [0, 0.1) is 0 Å². The minimum absolute atomic E-state index is 0.0380. The van der Waals surface area contributed by atoms with Gasteiger partial charge in [0.25, 0.3) is 5.91 Å². The normalized spacial score (nSPS) is 17.0. The number of nitrogens with zero attached hydrogens (tertiary/aromatic N) is 3. The lowest BCUT2D eigenvalue weighted by Gasteiger charge is -2.32. The Morgan fingerprint density at radius 1 is 1.35 bits per heavy atom. The van der Waals surface area contributed by atoms with Gasteiger partial charge in [-0.1, -0.05) is 0 Å². The van der Waals surface area contributed by atoms with E-state index in [0.717, 1.165) is 12.1 Å². The third kappa shape index (κ3) is 3.41. The quantitative estimate of drug-likeness (QED) is 0.865. The van der Waals surface area contributed by atoms with Crippen molar-refractivity contribution in [2.24, 2.45) is 0 Å².